The van der Waals surface area contributed by atoms with Crippen LogP contribution in [0.4, 0.5) is 5.00 Å². The first-order valence-corrected chi connectivity index (χ1v) is 10.1. The van der Waals surface area contributed by atoms with Gasteiger partial charge in [-0.1, -0.05) is 24.6 Å². The highest BCUT2D eigenvalue weighted by atomic mass is 32.1. The summed E-state index contributed by atoms with van der Waals surface area (Å²) < 4.78 is 6.30. The highest BCUT2D eigenvalue weighted by Gasteiger charge is 2.28. The standard InChI is InChI=1S/C20H19N3O4S/c1-2-27-20(26)16-14-11-28-18(21-17(24)12-7-6-8-12)15(14)19(25)23(22-16)13-9-4-3-5-10-13/h3-5,9-12H,2,6-8H2,1H3,(H,21,24). The lowest BCUT2D eigenvalue weighted by Gasteiger charge is -2.23. The van der Waals surface area contributed by atoms with E-state index < -0.39 is 5.97 Å². The van der Waals surface area contributed by atoms with E-state index >= 15 is 0 Å². The van der Waals surface area contributed by atoms with Gasteiger partial charge in [0.1, 0.15) is 5.00 Å². The number of nitrogens with one attached hydrogen (secondary N) is 1. The predicted octanol–water partition coefficient (Wildman–Crippen LogP) is 3.36. The Hall–Kier alpha value is -3.00. The Morgan fingerprint density at radius 1 is 1.29 bits per heavy atom. The lowest BCUT2D eigenvalue weighted by molar-refractivity contribution is -0.122. The SMILES string of the molecule is CCOC(=O)c1nn(-c2ccccc2)c(=O)c2c(NC(=O)C3CCC3)scc12. The predicted molar refractivity (Wildman–Crippen MR) is 107 cm³/mol. The fraction of sp³-hybridized carbons (Fsp3) is 0.300. The summed E-state index contributed by atoms with van der Waals surface area (Å²) in [6.07, 6.45) is 2.76. The van der Waals surface area contributed by atoms with Gasteiger partial charge < -0.3 is 10.1 Å². The average Bonchev–Trinajstić information content (AvgIpc) is 3.05. The van der Waals surface area contributed by atoms with Gasteiger partial charge in [0, 0.05) is 16.7 Å². The Balaban J connectivity index is 1.88. The quantitative estimate of drug-likeness (QED) is 0.667. The lowest BCUT2D eigenvalue weighted by Crippen LogP contribution is -2.29. The van der Waals surface area contributed by atoms with Gasteiger partial charge in [-0.2, -0.15) is 9.78 Å². The van der Waals surface area contributed by atoms with E-state index in [1.807, 2.05) is 6.07 Å². The topological polar surface area (TPSA) is 90.3 Å². The van der Waals surface area contributed by atoms with Gasteiger partial charge >= 0.3 is 5.97 Å². The summed E-state index contributed by atoms with van der Waals surface area (Å²) in [6, 6.07) is 8.85. The van der Waals surface area contributed by atoms with Crippen molar-refractivity contribution in [3.63, 3.8) is 0 Å². The first kappa shape index (κ1) is 18.4. The number of para-hydroxylation sites is 1. The number of nitrogens with zero attached hydrogens (tertiary/aromatic N) is 2. The minimum absolute atomic E-state index is 0.0140. The van der Waals surface area contributed by atoms with Crippen LogP contribution in [0.1, 0.15) is 36.7 Å². The summed E-state index contributed by atoms with van der Waals surface area (Å²) in [5.74, 6) is -0.707. The molecule has 0 atom stereocenters. The average molecular weight is 397 g/mol. The Morgan fingerprint density at radius 2 is 2.04 bits per heavy atom. The van der Waals surface area contributed by atoms with Gasteiger partial charge in [0.2, 0.25) is 5.91 Å². The number of ether oxygens (including phenoxy) is 1. The van der Waals surface area contributed by atoms with Crippen molar-refractivity contribution in [2.75, 3.05) is 11.9 Å². The summed E-state index contributed by atoms with van der Waals surface area (Å²) in [5, 5.41) is 9.92. The number of hydrogen-bond acceptors (Lipinski definition) is 6. The molecular weight excluding hydrogens is 378 g/mol. The van der Waals surface area contributed by atoms with Crippen molar-refractivity contribution >= 4 is 39.0 Å². The molecule has 8 heteroatoms. The van der Waals surface area contributed by atoms with Gasteiger partial charge in [-0.25, -0.2) is 4.79 Å². The number of fused-ring (bicyclic) bond motifs is 1. The van der Waals surface area contributed by atoms with E-state index in [1.165, 1.54) is 16.0 Å². The van der Waals surface area contributed by atoms with Crippen LogP contribution < -0.4 is 10.9 Å². The Morgan fingerprint density at radius 3 is 2.68 bits per heavy atom. The summed E-state index contributed by atoms with van der Waals surface area (Å²) in [7, 11) is 0. The van der Waals surface area contributed by atoms with Crippen LogP contribution in [-0.2, 0) is 9.53 Å². The molecule has 0 spiro atoms. The minimum atomic E-state index is -0.605. The van der Waals surface area contributed by atoms with Gasteiger partial charge in [-0.3, -0.25) is 9.59 Å². The molecule has 1 aliphatic carbocycles. The van der Waals surface area contributed by atoms with Crippen LogP contribution in [0.15, 0.2) is 40.5 Å². The molecule has 1 aliphatic rings. The van der Waals surface area contributed by atoms with E-state index in [0.29, 0.717) is 16.1 Å². The molecule has 1 amide bonds. The second-order valence-electron chi connectivity index (χ2n) is 6.59. The van der Waals surface area contributed by atoms with Crippen molar-refractivity contribution in [3.8, 4) is 5.69 Å². The van der Waals surface area contributed by atoms with Crippen molar-refractivity contribution < 1.29 is 14.3 Å². The second kappa shape index (κ2) is 7.55. The van der Waals surface area contributed by atoms with E-state index in [2.05, 4.69) is 10.4 Å². The summed E-state index contributed by atoms with van der Waals surface area (Å²) in [6.45, 7) is 1.90. The van der Waals surface area contributed by atoms with Crippen LogP contribution in [0.25, 0.3) is 16.5 Å². The fourth-order valence-electron chi connectivity index (χ4n) is 3.12. The van der Waals surface area contributed by atoms with E-state index in [-0.39, 0.29) is 35.1 Å². The third kappa shape index (κ3) is 3.20. The monoisotopic (exact) mass is 397 g/mol. The largest absolute Gasteiger partial charge is 0.461 e. The molecule has 1 saturated carbocycles. The van der Waals surface area contributed by atoms with Crippen LogP contribution in [0.3, 0.4) is 0 Å². The van der Waals surface area contributed by atoms with Crippen molar-refractivity contribution in [1.82, 2.24) is 9.78 Å². The molecule has 1 aromatic carbocycles. The number of hydrogen-bond donors (Lipinski definition) is 1. The first-order valence-electron chi connectivity index (χ1n) is 9.18. The molecule has 4 rings (SSSR count). The van der Waals surface area contributed by atoms with Gasteiger partial charge in [-0.15, -0.1) is 11.3 Å². The van der Waals surface area contributed by atoms with E-state index in [4.69, 9.17) is 4.74 Å². The molecule has 144 valence electrons. The Labute approximate surface area is 164 Å². The third-order valence-corrected chi connectivity index (χ3v) is 5.73. The molecule has 1 N–H and O–H groups in total. The number of esters is 1. The van der Waals surface area contributed by atoms with E-state index in [9.17, 15) is 14.4 Å². The molecule has 2 heterocycles. The molecule has 1 fully saturated rings. The first-order chi connectivity index (χ1) is 13.6. The summed E-state index contributed by atoms with van der Waals surface area (Å²) >= 11 is 1.22. The third-order valence-electron chi connectivity index (χ3n) is 4.83. The van der Waals surface area contributed by atoms with Crippen molar-refractivity contribution in [1.29, 1.82) is 0 Å². The van der Waals surface area contributed by atoms with Crippen LogP contribution in [0.2, 0.25) is 0 Å². The number of carbonyl (C=O) groups excluding carboxylic acids is 2. The molecular formula is C20H19N3O4S. The molecule has 0 bridgehead atoms. The van der Waals surface area contributed by atoms with Crippen LogP contribution in [0, 0.1) is 5.92 Å². The van der Waals surface area contributed by atoms with Gasteiger partial charge in [0.05, 0.1) is 17.7 Å². The van der Waals surface area contributed by atoms with Crippen LogP contribution in [0.5, 0.6) is 0 Å². The molecule has 3 aromatic rings. The zero-order valence-corrected chi connectivity index (χ0v) is 16.1. The number of aromatic nitrogens is 2. The lowest BCUT2D eigenvalue weighted by atomic mass is 9.85. The van der Waals surface area contributed by atoms with Gasteiger partial charge in [0.15, 0.2) is 5.69 Å². The van der Waals surface area contributed by atoms with Gasteiger partial charge in [0.25, 0.3) is 5.56 Å². The van der Waals surface area contributed by atoms with E-state index in [1.54, 1.807) is 36.6 Å². The zero-order valence-electron chi connectivity index (χ0n) is 15.3. The van der Waals surface area contributed by atoms with Crippen LogP contribution >= 0.6 is 11.3 Å². The van der Waals surface area contributed by atoms with Gasteiger partial charge in [-0.05, 0) is 31.9 Å². The molecule has 0 aliphatic heterocycles. The van der Waals surface area contributed by atoms with Crippen molar-refractivity contribution in [2.45, 2.75) is 26.2 Å². The normalized spacial score (nSPS) is 13.9. The molecule has 28 heavy (non-hydrogen) atoms. The maximum atomic E-state index is 13.2. The fourth-order valence-corrected chi connectivity index (χ4v) is 4.06. The maximum absolute atomic E-state index is 13.2. The number of benzene rings is 1. The number of anilines is 1. The molecule has 0 unspecified atom stereocenters. The highest BCUT2D eigenvalue weighted by Crippen LogP contribution is 2.33. The molecule has 7 nitrogen and oxygen atoms in total. The van der Waals surface area contributed by atoms with E-state index in [0.717, 1.165) is 19.3 Å². The van der Waals surface area contributed by atoms with Crippen LogP contribution in [-0.4, -0.2) is 28.3 Å². The molecule has 0 radical (unpaired) electrons. The second-order valence-corrected chi connectivity index (χ2v) is 7.47. The summed E-state index contributed by atoms with van der Waals surface area (Å²) in [5.41, 5.74) is 0.197. The molecule has 0 saturated heterocycles. The zero-order chi connectivity index (χ0) is 19.7. The summed E-state index contributed by atoms with van der Waals surface area (Å²) in [4.78, 5) is 38.1. The molecule has 2 aromatic heterocycles. The smallest absolute Gasteiger partial charge is 0.359 e. The van der Waals surface area contributed by atoms with Crippen molar-refractivity contribution in [2.24, 2.45) is 5.92 Å². The minimum Gasteiger partial charge on any atom is -0.461 e. The van der Waals surface area contributed by atoms with Crippen molar-refractivity contribution in [3.05, 3.63) is 51.8 Å². The number of carbonyl (C=O) groups is 2. The number of thiophene rings is 1. The Kier molecular flexibility index (Phi) is 4.95. The highest BCUT2D eigenvalue weighted by molar-refractivity contribution is 7.16. The Bertz CT molecular complexity index is 1100. The maximum Gasteiger partial charge on any atom is 0.359 e. The number of amides is 1. The number of rotatable bonds is 5.